The first-order valence-corrected chi connectivity index (χ1v) is 9.44. The van der Waals surface area contributed by atoms with Crippen LogP contribution in [0.25, 0.3) is 0 Å². The fraction of sp³-hybridized carbons (Fsp3) is 0.600. The normalized spacial score (nSPS) is 22.6. The first-order chi connectivity index (χ1) is 12.6. The summed E-state index contributed by atoms with van der Waals surface area (Å²) in [5, 5.41) is 4.18. The molecule has 1 saturated heterocycles. The summed E-state index contributed by atoms with van der Waals surface area (Å²) in [5.41, 5.74) is 1.17. The molecular weight excluding hydrogens is 335 g/mol. The van der Waals surface area contributed by atoms with Crippen LogP contribution in [0.1, 0.15) is 45.1 Å². The Labute approximate surface area is 154 Å². The van der Waals surface area contributed by atoms with E-state index in [0.717, 1.165) is 43.8 Å². The van der Waals surface area contributed by atoms with Crippen LogP contribution in [0, 0.1) is 11.2 Å². The number of rotatable bonds is 6. The molecule has 1 fully saturated rings. The SMILES string of the molecule is CCOC(=O)C1(C[C@H]2CC(c3ccc(F)cc3)=NO2)CCN(CC)CC1. The molecule has 0 N–H and O–H groups in total. The largest absolute Gasteiger partial charge is 0.466 e. The monoisotopic (exact) mass is 362 g/mol. The minimum atomic E-state index is -0.500. The molecule has 0 aliphatic carbocycles. The van der Waals surface area contributed by atoms with Crippen LogP contribution in [0.3, 0.4) is 0 Å². The van der Waals surface area contributed by atoms with Crippen LogP contribution in [0.5, 0.6) is 0 Å². The molecule has 0 radical (unpaired) electrons. The van der Waals surface area contributed by atoms with Crippen molar-refractivity contribution >= 4 is 11.7 Å². The summed E-state index contributed by atoms with van der Waals surface area (Å²) >= 11 is 0. The van der Waals surface area contributed by atoms with Gasteiger partial charge in [0.2, 0.25) is 0 Å². The van der Waals surface area contributed by atoms with E-state index in [1.165, 1.54) is 12.1 Å². The number of piperidine rings is 1. The van der Waals surface area contributed by atoms with Gasteiger partial charge in [-0.3, -0.25) is 4.79 Å². The zero-order chi connectivity index (χ0) is 18.6. The second kappa shape index (κ2) is 8.16. The lowest BCUT2D eigenvalue weighted by Gasteiger charge is -2.40. The molecule has 0 unspecified atom stereocenters. The molecule has 5 nitrogen and oxygen atoms in total. The third-order valence-corrected chi connectivity index (χ3v) is 5.50. The van der Waals surface area contributed by atoms with Gasteiger partial charge in [0.1, 0.15) is 11.9 Å². The van der Waals surface area contributed by atoms with Crippen molar-refractivity contribution in [1.82, 2.24) is 4.90 Å². The topological polar surface area (TPSA) is 51.1 Å². The average Bonchev–Trinajstić information content (AvgIpc) is 3.11. The Morgan fingerprint density at radius 3 is 2.62 bits per heavy atom. The molecule has 0 aromatic heterocycles. The number of likely N-dealkylation sites (tertiary alicyclic amines) is 1. The Balaban J connectivity index is 1.67. The van der Waals surface area contributed by atoms with E-state index in [2.05, 4.69) is 17.0 Å². The second-order valence-corrected chi connectivity index (χ2v) is 7.12. The number of oxime groups is 1. The molecule has 2 heterocycles. The van der Waals surface area contributed by atoms with Crippen molar-refractivity contribution in [3.8, 4) is 0 Å². The zero-order valence-electron chi connectivity index (χ0n) is 15.5. The molecule has 0 saturated carbocycles. The lowest BCUT2D eigenvalue weighted by molar-refractivity contribution is -0.161. The van der Waals surface area contributed by atoms with Crippen molar-refractivity contribution in [2.45, 2.75) is 45.6 Å². The van der Waals surface area contributed by atoms with Gasteiger partial charge in [0.05, 0.1) is 17.7 Å². The Bertz CT molecular complexity index is 652. The van der Waals surface area contributed by atoms with Crippen molar-refractivity contribution in [1.29, 1.82) is 0 Å². The van der Waals surface area contributed by atoms with Gasteiger partial charge in [-0.1, -0.05) is 24.2 Å². The number of halogens is 1. The van der Waals surface area contributed by atoms with Gasteiger partial charge in [-0.2, -0.15) is 0 Å². The second-order valence-electron chi connectivity index (χ2n) is 7.12. The molecule has 0 bridgehead atoms. The molecule has 1 aromatic carbocycles. The van der Waals surface area contributed by atoms with Crippen LogP contribution >= 0.6 is 0 Å². The summed E-state index contributed by atoms with van der Waals surface area (Å²) in [7, 11) is 0. The molecule has 1 aromatic rings. The van der Waals surface area contributed by atoms with E-state index in [9.17, 15) is 9.18 Å². The molecule has 2 aliphatic rings. The number of nitrogens with zero attached hydrogens (tertiary/aromatic N) is 2. The van der Waals surface area contributed by atoms with E-state index in [0.29, 0.717) is 19.4 Å². The summed E-state index contributed by atoms with van der Waals surface area (Å²) in [4.78, 5) is 20.7. The Kier molecular flexibility index (Phi) is 5.91. The van der Waals surface area contributed by atoms with Crippen molar-refractivity contribution in [3.05, 3.63) is 35.6 Å². The van der Waals surface area contributed by atoms with Gasteiger partial charge >= 0.3 is 5.97 Å². The number of hydrogen-bond acceptors (Lipinski definition) is 5. The van der Waals surface area contributed by atoms with Gasteiger partial charge in [-0.15, -0.1) is 0 Å². The highest BCUT2D eigenvalue weighted by Crippen LogP contribution is 2.40. The van der Waals surface area contributed by atoms with Gasteiger partial charge in [0, 0.05) is 12.8 Å². The summed E-state index contributed by atoms with van der Waals surface area (Å²) in [5.74, 6) is -0.386. The lowest BCUT2D eigenvalue weighted by atomic mass is 9.73. The van der Waals surface area contributed by atoms with E-state index in [-0.39, 0.29) is 17.9 Å². The van der Waals surface area contributed by atoms with Crippen molar-refractivity contribution in [3.63, 3.8) is 0 Å². The van der Waals surface area contributed by atoms with Gasteiger partial charge in [-0.25, -0.2) is 4.39 Å². The van der Waals surface area contributed by atoms with E-state index in [1.54, 1.807) is 12.1 Å². The highest BCUT2D eigenvalue weighted by atomic mass is 19.1. The Hall–Kier alpha value is -1.95. The van der Waals surface area contributed by atoms with Crippen LogP contribution in [0.15, 0.2) is 29.4 Å². The molecule has 26 heavy (non-hydrogen) atoms. The predicted octanol–water partition coefficient (Wildman–Crippen LogP) is 3.37. The first-order valence-electron chi connectivity index (χ1n) is 9.44. The number of carbonyl (C=O) groups is 1. The fourth-order valence-electron chi connectivity index (χ4n) is 3.86. The minimum absolute atomic E-state index is 0.116. The van der Waals surface area contributed by atoms with Crippen molar-refractivity contribution in [2.75, 3.05) is 26.2 Å². The third kappa shape index (κ3) is 4.06. The van der Waals surface area contributed by atoms with E-state index in [1.807, 2.05) is 6.92 Å². The average molecular weight is 362 g/mol. The highest BCUT2D eigenvalue weighted by molar-refractivity contribution is 6.01. The van der Waals surface area contributed by atoms with Crippen LogP contribution < -0.4 is 0 Å². The van der Waals surface area contributed by atoms with E-state index < -0.39 is 5.41 Å². The van der Waals surface area contributed by atoms with Gasteiger partial charge in [-0.05, 0) is 57.1 Å². The maximum Gasteiger partial charge on any atom is 0.312 e. The zero-order valence-corrected chi connectivity index (χ0v) is 15.5. The highest BCUT2D eigenvalue weighted by Gasteiger charge is 2.45. The summed E-state index contributed by atoms with van der Waals surface area (Å²) in [6.07, 6.45) is 2.66. The van der Waals surface area contributed by atoms with Gasteiger partial charge < -0.3 is 14.5 Å². The predicted molar refractivity (Wildman–Crippen MR) is 97.5 cm³/mol. The fourth-order valence-corrected chi connectivity index (χ4v) is 3.86. The van der Waals surface area contributed by atoms with Crippen LogP contribution in [-0.4, -0.2) is 48.9 Å². The van der Waals surface area contributed by atoms with E-state index >= 15 is 0 Å². The molecule has 2 aliphatic heterocycles. The van der Waals surface area contributed by atoms with Crippen LogP contribution in [0.2, 0.25) is 0 Å². The molecule has 0 amide bonds. The van der Waals surface area contributed by atoms with Crippen LogP contribution in [-0.2, 0) is 14.4 Å². The molecule has 1 atom stereocenters. The maximum absolute atomic E-state index is 13.1. The molecular formula is C20H27FN2O3. The molecule has 3 rings (SSSR count). The Morgan fingerprint density at radius 2 is 2.00 bits per heavy atom. The molecule has 142 valence electrons. The molecule has 6 heteroatoms. The number of benzene rings is 1. The number of esters is 1. The van der Waals surface area contributed by atoms with Gasteiger partial charge in [0.25, 0.3) is 0 Å². The summed E-state index contributed by atoms with van der Waals surface area (Å²) in [6.45, 7) is 7.16. The summed E-state index contributed by atoms with van der Waals surface area (Å²) < 4.78 is 18.5. The number of hydrogen-bond donors (Lipinski definition) is 0. The maximum atomic E-state index is 13.1. The smallest absolute Gasteiger partial charge is 0.312 e. The number of ether oxygens (including phenoxy) is 1. The van der Waals surface area contributed by atoms with Crippen LogP contribution in [0.4, 0.5) is 4.39 Å². The van der Waals surface area contributed by atoms with Gasteiger partial charge in [0.15, 0.2) is 0 Å². The standard InChI is InChI=1S/C20H27FN2O3/c1-3-23-11-9-20(10-12-23,19(24)25-4-2)14-17-13-18(22-26-17)15-5-7-16(21)8-6-15/h5-8,17H,3-4,9-14H2,1-2H3/t17-/m1/s1. The van der Waals surface area contributed by atoms with E-state index in [4.69, 9.17) is 9.57 Å². The number of carbonyl (C=O) groups excluding carboxylic acids is 1. The first kappa shape index (κ1) is 18.8. The quantitative estimate of drug-likeness (QED) is 0.728. The minimum Gasteiger partial charge on any atom is -0.466 e. The lowest BCUT2D eigenvalue weighted by Crippen LogP contribution is -2.46. The van der Waals surface area contributed by atoms with Crippen molar-refractivity contribution in [2.24, 2.45) is 10.6 Å². The Morgan fingerprint density at radius 1 is 1.31 bits per heavy atom. The summed E-state index contributed by atoms with van der Waals surface area (Å²) in [6, 6.07) is 6.26. The molecule has 0 spiro atoms. The third-order valence-electron chi connectivity index (χ3n) is 5.50. The van der Waals surface area contributed by atoms with Crippen molar-refractivity contribution < 1.29 is 18.8 Å².